The molecule has 2 fully saturated rings. The highest BCUT2D eigenvalue weighted by molar-refractivity contribution is 6.05. The number of pyridine rings is 2. The van der Waals surface area contributed by atoms with Gasteiger partial charge in [0.05, 0.1) is 29.3 Å². The van der Waals surface area contributed by atoms with E-state index in [2.05, 4.69) is 9.97 Å². The Balaban J connectivity index is 1.68. The molecule has 1 saturated heterocycles. The minimum atomic E-state index is -0.103. The summed E-state index contributed by atoms with van der Waals surface area (Å²) >= 11 is 0. The summed E-state index contributed by atoms with van der Waals surface area (Å²) in [7, 11) is 0. The lowest BCUT2D eigenvalue weighted by Crippen LogP contribution is -2.59. The Morgan fingerprint density at radius 1 is 1.36 bits per heavy atom. The Morgan fingerprint density at radius 3 is 3.00 bits per heavy atom. The monoisotopic (exact) mass is 297 g/mol. The Hall–Kier alpha value is -2.01. The molecular weight excluding hydrogens is 278 g/mol. The topological polar surface area (TPSA) is 55.3 Å². The first kappa shape index (κ1) is 13.6. The summed E-state index contributed by atoms with van der Waals surface area (Å²) in [6, 6.07) is 3.63. The number of carbonyl (C=O) groups is 1. The van der Waals surface area contributed by atoms with Crippen LogP contribution in [-0.4, -0.2) is 45.6 Å². The predicted molar refractivity (Wildman–Crippen MR) is 82.6 cm³/mol. The number of nitrogens with zero attached hydrogens (tertiary/aromatic N) is 3. The average Bonchev–Trinajstić information content (AvgIpc) is 2.51. The van der Waals surface area contributed by atoms with Crippen molar-refractivity contribution in [2.75, 3.05) is 13.1 Å². The normalized spacial score (nSPS) is 23.5. The fourth-order valence-corrected chi connectivity index (χ4v) is 3.57. The molecule has 2 aromatic rings. The van der Waals surface area contributed by atoms with Gasteiger partial charge in [0.25, 0.3) is 5.91 Å². The van der Waals surface area contributed by atoms with Gasteiger partial charge >= 0.3 is 0 Å². The zero-order chi connectivity index (χ0) is 15.2. The molecule has 1 spiro atoms. The van der Waals surface area contributed by atoms with Crippen LogP contribution >= 0.6 is 0 Å². The van der Waals surface area contributed by atoms with Crippen molar-refractivity contribution in [3.05, 3.63) is 36.3 Å². The van der Waals surface area contributed by atoms with Crippen molar-refractivity contribution in [1.82, 2.24) is 14.9 Å². The van der Waals surface area contributed by atoms with Crippen molar-refractivity contribution >= 4 is 16.8 Å². The van der Waals surface area contributed by atoms with Crippen molar-refractivity contribution in [3.63, 3.8) is 0 Å². The second kappa shape index (κ2) is 5.02. The number of fused-ring (bicyclic) bond motifs is 1. The first-order valence-corrected chi connectivity index (χ1v) is 7.83. The molecular formula is C17H19N3O2. The Morgan fingerprint density at radius 2 is 2.23 bits per heavy atom. The van der Waals surface area contributed by atoms with E-state index in [1.807, 2.05) is 17.9 Å². The molecule has 1 atom stereocenters. The fourth-order valence-electron chi connectivity index (χ4n) is 3.57. The smallest absolute Gasteiger partial charge is 0.254 e. The summed E-state index contributed by atoms with van der Waals surface area (Å²) in [5.41, 5.74) is 1.39. The number of amides is 1. The quantitative estimate of drug-likeness (QED) is 0.811. The summed E-state index contributed by atoms with van der Waals surface area (Å²) in [6.07, 6.45) is 8.50. The summed E-state index contributed by atoms with van der Waals surface area (Å²) in [5, 5.41) is 0.816. The SMILES string of the molecule is CC1CN(C(=O)c2ccnc3ccncc23)CC2(CCC2)O1. The molecule has 1 saturated carbocycles. The maximum absolute atomic E-state index is 13.0. The van der Waals surface area contributed by atoms with Gasteiger partial charge in [0, 0.05) is 30.5 Å². The molecule has 0 aromatic carbocycles. The van der Waals surface area contributed by atoms with Crippen molar-refractivity contribution in [2.24, 2.45) is 0 Å². The van der Waals surface area contributed by atoms with Crippen LogP contribution in [0.25, 0.3) is 10.9 Å². The van der Waals surface area contributed by atoms with Crippen LogP contribution in [0.15, 0.2) is 30.7 Å². The van der Waals surface area contributed by atoms with E-state index >= 15 is 0 Å². The van der Waals surface area contributed by atoms with Gasteiger partial charge in [0.2, 0.25) is 0 Å². The van der Waals surface area contributed by atoms with E-state index in [1.54, 1.807) is 24.7 Å². The number of morpholine rings is 1. The molecule has 1 amide bonds. The van der Waals surface area contributed by atoms with Crippen LogP contribution < -0.4 is 0 Å². The van der Waals surface area contributed by atoms with Gasteiger partial charge in [0.1, 0.15) is 0 Å². The maximum atomic E-state index is 13.0. The summed E-state index contributed by atoms with van der Waals surface area (Å²) in [6.45, 7) is 3.39. The lowest BCUT2D eigenvalue weighted by atomic mass is 9.78. The van der Waals surface area contributed by atoms with Crippen molar-refractivity contribution in [1.29, 1.82) is 0 Å². The third-order valence-corrected chi connectivity index (χ3v) is 4.73. The van der Waals surface area contributed by atoms with E-state index in [1.165, 1.54) is 6.42 Å². The highest BCUT2D eigenvalue weighted by Crippen LogP contribution is 2.40. The maximum Gasteiger partial charge on any atom is 0.254 e. The highest BCUT2D eigenvalue weighted by Gasteiger charge is 2.45. The number of rotatable bonds is 1. The van der Waals surface area contributed by atoms with E-state index in [0.717, 1.165) is 23.7 Å². The Labute approximate surface area is 129 Å². The van der Waals surface area contributed by atoms with Crippen LogP contribution in [0.4, 0.5) is 0 Å². The number of hydrogen-bond donors (Lipinski definition) is 0. The molecule has 0 radical (unpaired) electrons. The van der Waals surface area contributed by atoms with Crippen LogP contribution in [0.1, 0.15) is 36.5 Å². The Kier molecular flexibility index (Phi) is 3.11. The third kappa shape index (κ3) is 2.16. The lowest BCUT2D eigenvalue weighted by molar-refractivity contribution is -0.176. The zero-order valence-corrected chi connectivity index (χ0v) is 12.7. The molecule has 1 unspecified atom stereocenters. The Bertz CT molecular complexity index is 721. The molecule has 2 aromatic heterocycles. The van der Waals surface area contributed by atoms with Gasteiger partial charge in [-0.25, -0.2) is 0 Å². The lowest BCUT2D eigenvalue weighted by Gasteiger charge is -2.50. The van der Waals surface area contributed by atoms with E-state index in [9.17, 15) is 4.79 Å². The van der Waals surface area contributed by atoms with E-state index in [0.29, 0.717) is 18.7 Å². The molecule has 4 rings (SSSR count). The molecule has 3 heterocycles. The summed E-state index contributed by atoms with van der Waals surface area (Å²) < 4.78 is 6.09. The summed E-state index contributed by atoms with van der Waals surface area (Å²) in [4.78, 5) is 23.4. The van der Waals surface area contributed by atoms with Gasteiger partial charge in [0.15, 0.2) is 0 Å². The fraction of sp³-hybridized carbons (Fsp3) is 0.471. The second-order valence-corrected chi connectivity index (χ2v) is 6.40. The first-order valence-electron chi connectivity index (χ1n) is 7.83. The second-order valence-electron chi connectivity index (χ2n) is 6.40. The number of aromatic nitrogens is 2. The number of hydrogen-bond acceptors (Lipinski definition) is 4. The molecule has 5 heteroatoms. The third-order valence-electron chi connectivity index (χ3n) is 4.73. The van der Waals surface area contributed by atoms with Gasteiger partial charge in [-0.15, -0.1) is 0 Å². The summed E-state index contributed by atoms with van der Waals surface area (Å²) in [5.74, 6) is 0.0572. The van der Waals surface area contributed by atoms with E-state index in [-0.39, 0.29) is 17.6 Å². The van der Waals surface area contributed by atoms with E-state index in [4.69, 9.17) is 4.74 Å². The minimum absolute atomic E-state index is 0.0572. The first-order chi connectivity index (χ1) is 10.7. The highest BCUT2D eigenvalue weighted by atomic mass is 16.5. The molecule has 2 aliphatic rings. The number of carbonyl (C=O) groups excluding carboxylic acids is 1. The van der Waals surface area contributed by atoms with Gasteiger partial charge in [-0.3, -0.25) is 14.8 Å². The molecule has 1 aliphatic heterocycles. The predicted octanol–water partition coefficient (Wildman–Crippen LogP) is 2.41. The van der Waals surface area contributed by atoms with Gasteiger partial charge in [-0.05, 0) is 38.3 Å². The average molecular weight is 297 g/mol. The standard InChI is InChI=1S/C17H19N3O2/c1-12-10-20(11-17(22-12)5-2-6-17)16(21)13-3-8-19-15-4-7-18-9-14(13)15/h3-4,7-9,12H,2,5-6,10-11H2,1H3. The van der Waals surface area contributed by atoms with Gasteiger partial charge < -0.3 is 9.64 Å². The van der Waals surface area contributed by atoms with Gasteiger partial charge in [-0.2, -0.15) is 0 Å². The molecule has 5 nitrogen and oxygen atoms in total. The van der Waals surface area contributed by atoms with Crippen molar-refractivity contribution in [3.8, 4) is 0 Å². The molecule has 1 aliphatic carbocycles. The van der Waals surface area contributed by atoms with Crippen molar-refractivity contribution < 1.29 is 9.53 Å². The van der Waals surface area contributed by atoms with Crippen LogP contribution in [0.2, 0.25) is 0 Å². The van der Waals surface area contributed by atoms with Crippen LogP contribution in [0, 0.1) is 0 Å². The minimum Gasteiger partial charge on any atom is -0.368 e. The number of ether oxygens (including phenoxy) is 1. The van der Waals surface area contributed by atoms with E-state index < -0.39 is 0 Å². The van der Waals surface area contributed by atoms with Crippen LogP contribution in [0.5, 0.6) is 0 Å². The van der Waals surface area contributed by atoms with Crippen LogP contribution in [-0.2, 0) is 4.74 Å². The molecule has 0 N–H and O–H groups in total. The molecule has 114 valence electrons. The zero-order valence-electron chi connectivity index (χ0n) is 12.7. The van der Waals surface area contributed by atoms with Crippen LogP contribution in [0.3, 0.4) is 0 Å². The van der Waals surface area contributed by atoms with Gasteiger partial charge in [-0.1, -0.05) is 0 Å². The molecule has 22 heavy (non-hydrogen) atoms. The molecule has 0 bridgehead atoms. The largest absolute Gasteiger partial charge is 0.368 e. The van der Waals surface area contributed by atoms with Crippen molar-refractivity contribution in [2.45, 2.75) is 37.9 Å².